The van der Waals surface area contributed by atoms with Gasteiger partial charge in [-0.15, -0.1) is 0 Å². The molecule has 3 aromatic rings. The highest BCUT2D eigenvalue weighted by atomic mass is 16.4. The summed E-state index contributed by atoms with van der Waals surface area (Å²) in [6.07, 6.45) is 7.75. The van der Waals surface area contributed by atoms with Crippen molar-refractivity contribution >= 4 is 11.9 Å². The van der Waals surface area contributed by atoms with Gasteiger partial charge in [0.05, 0.1) is 36.6 Å². The quantitative estimate of drug-likeness (QED) is 0.157. The molecule has 0 saturated heterocycles. The zero-order chi connectivity index (χ0) is 29.8. The summed E-state index contributed by atoms with van der Waals surface area (Å²) in [5.74, 6) is -2.32. The van der Waals surface area contributed by atoms with E-state index in [1.165, 1.54) is 18.2 Å². The Labute approximate surface area is 238 Å². The lowest BCUT2D eigenvalue weighted by Gasteiger charge is -2.36. The minimum atomic E-state index is -1.12. The zero-order valence-corrected chi connectivity index (χ0v) is 22.7. The van der Waals surface area contributed by atoms with Gasteiger partial charge in [0.2, 0.25) is 0 Å². The molecule has 10 heteroatoms. The van der Waals surface area contributed by atoms with Gasteiger partial charge in [0.15, 0.2) is 0 Å². The molecule has 0 saturated carbocycles. The lowest BCUT2D eigenvalue weighted by molar-refractivity contribution is -0.140. The summed E-state index contributed by atoms with van der Waals surface area (Å²) in [6, 6.07) is 15.5. The van der Waals surface area contributed by atoms with Gasteiger partial charge >= 0.3 is 11.9 Å². The van der Waals surface area contributed by atoms with Crippen LogP contribution in [0, 0.1) is 0 Å². The summed E-state index contributed by atoms with van der Waals surface area (Å²) in [6.45, 7) is 4.68. The van der Waals surface area contributed by atoms with Gasteiger partial charge in [-0.05, 0) is 43.3 Å². The van der Waals surface area contributed by atoms with Crippen LogP contribution in [0.1, 0.15) is 36.0 Å². The Morgan fingerprint density at radius 2 is 1.41 bits per heavy atom. The normalized spacial score (nSPS) is 13.6. The summed E-state index contributed by atoms with van der Waals surface area (Å²) in [5, 5.41) is 41.2. The van der Waals surface area contributed by atoms with E-state index in [-0.39, 0.29) is 24.6 Å². The molecule has 0 radical (unpaired) electrons. The molecule has 0 spiro atoms. The number of aliphatic hydroxyl groups is 1. The number of rotatable bonds is 15. The first-order valence-electron chi connectivity index (χ1n) is 13.0. The van der Waals surface area contributed by atoms with Crippen molar-refractivity contribution in [3.63, 3.8) is 0 Å². The lowest BCUT2D eigenvalue weighted by atomic mass is 9.97. The molecule has 2 unspecified atom stereocenters. The fourth-order valence-corrected chi connectivity index (χ4v) is 4.69. The third-order valence-corrected chi connectivity index (χ3v) is 6.41. The largest absolute Gasteiger partial charge is 0.508 e. The van der Waals surface area contributed by atoms with Crippen LogP contribution in [0.5, 0.6) is 5.75 Å². The van der Waals surface area contributed by atoms with Gasteiger partial charge in [0.1, 0.15) is 11.5 Å². The number of nitrogens with zero attached hydrogens (tertiary/aromatic N) is 4. The molecule has 0 amide bonds. The number of phenolic OH excluding ortho intramolecular Hbond substituents is 1. The molecule has 0 aliphatic carbocycles. The number of benzene rings is 1. The Morgan fingerprint density at radius 1 is 0.854 bits per heavy atom. The summed E-state index contributed by atoms with van der Waals surface area (Å²) < 4.78 is 0. The predicted molar refractivity (Wildman–Crippen MR) is 154 cm³/mol. The maximum atomic E-state index is 12.1. The number of hydrogen-bond acceptors (Lipinski definition) is 8. The molecular formula is C31H34N4O6. The van der Waals surface area contributed by atoms with Crippen molar-refractivity contribution in [2.45, 2.75) is 19.0 Å². The van der Waals surface area contributed by atoms with Crippen LogP contribution >= 0.6 is 0 Å². The van der Waals surface area contributed by atoms with E-state index >= 15 is 0 Å². The molecule has 2 aromatic heterocycles. The number of carboxylic acids is 2. The van der Waals surface area contributed by atoms with Crippen LogP contribution in [0.2, 0.25) is 0 Å². The average molecular weight is 559 g/mol. The van der Waals surface area contributed by atoms with Crippen molar-refractivity contribution in [3.8, 4) is 5.75 Å². The third kappa shape index (κ3) is 8.34. The second kappa shape index (κ2) is 15.1. The highest BCUT2D eigenvalue weighted by Gasteiger charge is 2.32. The standard InChI is InChI=1S/C31H34N4O6/c1-3-11-22(26(36)4-2)30(24-13-7-9-16-32-24)34(20-28(38)39)18-19-35(21-29(40)41)31(25-14-8-10-17-33-25)23-12-5-6-15-27(23)37/h3-17,30-31,36-37H,1,18-21H2,2H3,(H,38,39)(H,40,41)/b22-11+,26-4+. The molecule has 3 rings (SSSR count). The first kappa shape index (κ1) is 30.7. The van der Waals surface area contributed by atoms with E-state index in [1.807, 2.05) is 0 Å². The number of aliphatic carboxylic acids is 2. The van der Waals surface area contributed by atoms with Crippen molar-refractivity contribution in [1.82, 2.24) is 19.8 Å². The van der Waals surface area contributed by atoms with Gasteiger partial charge in [0.25, 0.3) is 0 Å². The lowest BCUT2D eigenvalue weighted by Crippen LogP contribution is -2.44. The number of para-hydroxylation sites is 1. The first-order chi connectivity index (χ1) is 19.8. The van der Waals surface area contributed by atoms with Crippen molar-refractivity contribution in [3.05, 3.63) is 126 Å². The van der Waals surface area contributed by atoms with Crippen LogP contribution < -0.4 is 0 Å². The highest BCUT2D eigenvalue weighted by Crippen LogP contribution is 2.35. The minimum absolute atomic E-state index is 0.0264. The Hall–Kier alpha value is -4.80. The minimum Gasteiger partial charge on any atom is -0.508 e. The highest BCUT2D eigenvalue weighted by molar-refractivity contribution is 5.70. The second-order valence-corrected chi connectivity index (χ2v) is 9.13. The van der Waals surface area contributed by atoms with Crippen molar-refractivity contribution in [2.24, 2.45) is 0 Å². The molecule has 0 bridgehead atoms. The number of pyridine rings is 2. The van der Waals surface area contributed by atoms with Crippen molar-refractivity contribution < 1.29 is 30.0 Å². The topological polar surface area (TPSA) is 147 Å². The fraction of sp³-hybridized carbons (Fsp3) is 0.226. The van der Waals surface area contributed by atoms with Crippen LogP contribution in [0.4, 0.5) is 0 Å². The SMILES string of the molecule is C=C/C=C(\C(O)=C/C)C(c1ccccn1)N(CCN(CC(=O)O)C(c1ccccn1)c1ccccc1O)CC(=O)O. The van der Waals surface area contributed by atoms with E-state index in [2.05, 4.69) is 16.5 Å². The maximum Gasteiger partial charge on any atom is 0.317 e. The van der Waals surface area contributed by atoms with E-state index in [4.69, 9.17) is 0 Å². The average Bonchev–Trinajstić information content (AvgIpc) is 2.96. The van der Waals surface area contributed by atoms with Gasteiger partial charge in [-0.25, -0.2) is 0 Å². The molecule has 0 aliphatic rings. The summed E-state index contributed by atoms with van der Waals surface area (Å²) in [7, 11) is 0. The third-order valence-electron chi connectivity index (χ3n) is 6.41. The van der Waals surface area contributed by atoms with Crippen LogP contribution in [0.15, 0.2) is 109 Å². The molecule has 0 fully saturated rings. The molecule has 41 heavy (non-hydrogen) atoms. The van der Waals surface area contributed by atoms with Crippen LogP contribution in [0.3, 0.4) is 0 Å². The van der Waals surface area contributed by atoms with Gasteiger partial charge < -0.3 is 20.4 Å². The summed E-state index contributed by atoms with van der Waals surface area (Å²) in [4.78, 5) is 36.3. The molecule has 1 aromatic carbocycles. The van der Waals surface area contributed by atoms with Crippen LogP contribution in [-0.2, 0) is 9.59 Å². The van der Waals surface area contributed by atoms with E-state index in [1.54, 1.807) is 89.8 Å². The van der Waals surface area contributed by atoms with Gasteiger partial charge in [0, 0.05) is 36.6 Å². The van der Waals surface area contributed by atoms with Crippen LogP contribution in [0.25, 0.3) is 0 Å². The number of carboxylic acid groups (broad SMARTS) is 2. The molecule has 2 atom stereocenters. The van der Waals surface area contributed by atoms with Gasteiger partial charge in [-0.1, -0.05) is 49.1 Å². The Balaban J connectivity index is 2.11. The van der Waals surface area contributed by atoms with Crippen molar-refractivity contribution in [1.29, 1.82) is 0 Å². The van der Waals surface area contributed by atoms with E-state index in [0.717, 1.165) is 0 Å². The molecule has 2 heterocycles. The predicted octanol–water partition coefficient (Wildman–Crippen LogP) is 4.36. The molecule has 214 valence electrons. The monoisotopic (exact) mass is 558 g/mol. The molecular weight excluding hydrogens is 524 g/mol. The number of phenols is 1. The van der Waals surface area contributed by atoms with E-state index < -0.39 is 37.1 Å². The molecule has 4 N–H and O–H groups in total. The Kier molecular flexibility index (Phi) is 11.3. The zero-order valence-electron chi connectivity index (χ0n) is 22.7. The second-order valence-electron chi connectivity index (χ2n) is 9.13. The van der Waals surface area contributed by atoms with Gasteiger partial charge in [-0.2, -0.15) is 0 Å². The number of aromatic nitrogens is 2. The van der Waals surface area contributed by atoms with E-state index in [0.29, 0.717) is 22.5 Å². The van der Waals surface area contributed by atoms with Crippen LogP contribution in [-0.4, -0.2) is 78.3 Å². The Bertz CT molecular complexity index is 1380. The first-order valence-corrected chi connectivity index (χ1v) is 13.0. The molecule has 10 nitrogen and oxygen atoms in total. The number of carbonyl (C=O) groups is 2. The summed E-state index contributed by atoms with van der Waals surface area (Å²) >= 11 is 0. The van der Waals surface area contributed by atoms with Crippen molar-refractivity contribution in [2.75, 3.05) is 26.2 Å². The number of aromatic hydroxyl groups is 1. The fourth-order valence-electron chi connectivity index (χ4n) is 4.69. The number of hydrogen-bond donors (Lipinski definition) is 4. The maximum absolute atomic E-state index is 12.1. The Morgan fingerprint density at radius 3 is 1.95 bits per heavy atom. The number of aliphatic hydroxyl groups excluding tert-OH is 1. The molecule has 0 aliphatic heterocycles. The summed E-state index contributed by atoms with van der Waals surface area (Å²) in [5.41, 5.74) is 1.84. The number of allylic oxidation sites excluding steroid dienone is 3. The smallest absolute Gasteiger partial charge is 0.317 e. The van der Waals surface area contributed by atoms with Gasteiger partial charge in [-0.3, -0.25) is 29.4 Å². The van der Waals surface area contributed by atoms with E-state index in [9.17, 15) is 30.0 Å².